The Morgan fingerprint density at radius 3 is 2.81 bits per heavy atom. The molecule has 5 nitrogen and oxygen atoms in total. The molecule has 1 aromatic carbocycles. The van der Waals surface area contributed by atoms with Gasteiger partial charge in [0.1, 0.15) is 5.92 Å². The zero-order valence-electron chi connectivity index (χ0n) is 11.9. The fraction of sp³-hybridized carbons (Fsp3) is 0.438. The van der Waals surface area contributed by atoms with Crippen molar-refractivity contribution in [2.45, 2.75) is 32.6 Å². The Morgan fingerprint density at radius 1 is 1.38 bits per heavy atom. The van der Waals surface area contributed by atoms with Crippen molar-refractivity contribution >= 4 is 17.7 Å². The third-order valence-electron chi connectivity index (χ3n) is 3.65. The van der Waals surface area contributed by atoms with Gasteiger partial charge in [-0.15, -0.1) is 0 Å². The molecule has 0 heterocycles. The topological polar surface area (TPSA) is 80.7 Å². The lowest BCUT2D eigenvalue weighted by atomic mass is 9.82. The van der Waals surface area contributed by atoms with Gasteiger partial charge >= 0.3 is 11.9 Å². The summed E-state index contributed by atoms with van der Waals surface area (Å²) in [4.78, 5) is 34.7. The molecule has 0 saturated heterocycles. The molecule has 1 unspecified atom stereocenters. The Bertz CT molecular complexity index is 576. The Morgan fingerprint density at radius 2 is 2.14 bits per heavy atom. The molecule has 5 heteroatoms. The van der Waals surface area contributed by atoms with Crippen molar-refractivity contribution in [3.8, 4) is 0 Å². The second-order valence-electron chi connectivity index (χ2n) is 5.09. The highest BCUT2D eigenvalue weighted by Gasteiger charge is 2.33. The molecule has 0 saturated carbocycles. The van der Waals surface area contributed by atoms with Crippen LogP contribution in [0, 0.1) is 5.92 Å². The van der Waals surface area contributed by atoms with E-state index in [0.29, 0.717) is 24.8 Å². The van der Waals surface area contributed by atoms with Gasteiger partial charge in [-0.1, -0.05) is 18.2 Å². The number of esters is 1. The molecule has 1 aliphatic rings. The number of ether oxygens (including phenoxy) is 1. The summed E-state index contributed by atoms with van der Waals surface area (Å²) in [7, 11) is 0. The molecule has 0 radical (unpaired) electrons. The van der Waals surface area contributed by atoms with E-state index in [4.69, 9.17) is 9.84 Å². The van der Waals surface area contributed by atoms with Crippen LogP contribution in [-0.2, 0) is 27.2 Å². The standard InChI is InChI=1S/C16H18O5/c1-2-21-16(20)13-7-5-11-9-10(4-8-14(17)18)3-6-12(11)15(13)19/h3,6,9,13H,2,4-5,7-8H2,1H3,(H,17,18). The van der Waals surface area contributed by atoms with Gasteiger partial charge < -0.3 is 9.84 Å². The summed E-state index contributed by atoms with van der Waals surface area (Å²) in [6.07, 6.45) is 1.59. The predicted octanol–water partition coefficient (Wildman–Crippen LogP) is 2.01. The minimum absolute atomic E-state index is 0.0676. The Kier molecular flexibility index (Phi) is 4.73. The SMILES string of the molecule is CCOC(=O)C1CCc2cc(CCC(=O)O)ccc2C1=O. The van der Waals surface area contributed by atoms with E-state index in [1.165, 1.54) is 0 Å². The molecule has 1 N–H and O–H groups in total. The fourth-order valence-electron chi connectivity index (χ4n) is 2.59. The fourth-order valence-corrected chi connectivity index (χ4v) is 2.59. The van der Waals surface area contributed by atoms with Gasteiger partial charge in [0.25, 0.3) is 0 Å². The quantitative estimate of drug-likeness (QED) is 0.662. The second kappa shape index (κ2) is 6.52. The number of ketones is 1. The van der Waals surface area contributed by atoms with E-state index < -0.39 is 17.9 Å². The Balaban J connectivity index is 2.15. The van der Waals surface area contributed by atoms with Crippen LogP contribution in [-0.4, -0.2) is 29.4 Å². The lowest BCUT2D eigenvalue weighted by Gasteiger charge is -2.22. The van der Waals surface area contributed by atoms with E-state index in [9.17, 15) is 14.4 Å². The molecule has 2 rings (SSSR count). The van der Waals surface area contributed by atoms with Crippen LogP contribution in [0.5, 0.6) is 0 Å². The summed E-state index contributed by atoms with van der Waals surface area (Å²) in [6, 6.07) is 5.32. The first-order chi connectivity index (χ1) is 10.0. The van der Waals surface area contributed by atoms with Crippen LogP contribution in [0.4, 0.5) is 0 Å². The van der Waals surface area contributed by atoms with Crippen LogP contribution in [0.3, 0.4) is 0 Å². The smallest absolute Gasteiger partial charge is 0.316 e. The maximum absolute atomic E-state index is 12.3. The highest BCUT2D eigenvalue weighted by molar-refractivity contribution is 6.10. The molecule has 0 aliphatic heterocycles. The molecule has 0 aromatic heterocycles. The van der Waals surface area contributed by atoms with Crippen molar-refractivity contribution in [1.82, 2.24) is 0 Å². The number of rotatable bonds is 5. The average Bonchev–Trinajstić information content (AvgIpc) is 2.45. The molecule has 21 heavy (non-hydrogen) atoms. The summed E-state index contributed by atoms with van der Waals surface area (Å²) in [5.41, 5.74) is 2.35. The average molecular weight is 290 g/mol. The molecule has 1 aliphatic carbocycles. The van der Waals surface area contributed by atoms with E-state index in [0.717, 1.165) is 11.1 Å². The number of Topliss-reactive ketones (excluding diaryl/α,β-unsaturated/α-hetero) is 1. The number of carbonyl (C=O) groups is 3. The summed E-state index contributed by atoms with van der Waals surface area (Å²) < 4.78 is 4.93. The lowest BCUT2D eigenvalue weighted by Crippen LogP contribution is -2.31. The number of hydrogen-bond donors (Lipinski definition) is 1. The highest BCUT2D eigenvalue weighted by Crippen LogP contribution is 2.27. The minimum Gasteiger partial charge on any atom is -0.481 e. The maximum atomic E-state index is 12.3. The molecule has 0 bridgehead atoms. The van der Waals surface area contributed by atoms with Crippen molar-refractivity contribution in [3.05, 3.63) is 34.9 Å². The van der Waals surface area contributed by atoms with Crippen molar-refractivity contribution in [2.75, 3.05) is 6.61 Å². The van der Waals surface area contributed by atoms with E-state index in [1.807, 2.05) is 6.07 Å². The molecule has 112 valence electrons. The summed E-state index contributed by atoms with van der Waals surface area (Å²) in [5, 5.41) is 8.70. The van der Waals surface area contributed by atoms with Crippen molar-refractivity contribution in [2.24, 2.45) is 5.92 Å². The number of carbonyl (C=O) groups excluding carboxylic acids is 2. The van der Waals surface area contributed by atoms with Crippen LogP contribution < -0.4 is 0 Å². The van der Waals surface area contributed by atoms with Gasteiger partial charge in [-0.3, -0.25) is 14.4 Å². The number of aryl methyl sites for hydroxylation is 2. The van der Waals surface area contributed by atoms with Crippen molar-refractivity contribution in [3.63, 3.8) is 0 Å². The van der Waals surface area contributed by atoms with Crippen molar-refractivity contribution in [1.29, 1.82) is 0 Å². The normalized spacial score (nSPS) is 17.2. The maximum Gasteiger partial charge on any atom is 0.316 e. The third kappa shape index (κ3) is 3.48. The van der Waals surface area contributed by atoms with E-state index in [1.54, 1.807) is 19.1 Å². The van der Waals surface area contributed by atoms with E-state index in [-0.39, 0.29) is 18.8 Å². The summed E-state index contributed by atoms with van der Waals surface area (Å²) >= 11 is 0. The van der Waals surface area contributed by atoms with Crippen LogP contribution >= 0.6 is 0 Å². The second-order valence-corrected chi connectivity index (χ2v) is 5.09. The first-order valence-corrected chi connectivity index (χ1v) is 7.07. The van der Waals surface area contributed by atoms with Gasteiger partial charge in [0.15, 0.2) is 5.78 Å². The number of carboxylic acids is 1. The zero-order chi connectivity index (χ0) is 15.4. The largest absolute Gasteiger partial charge is 0.481 e. The first-order valence-electron chi connectivity index (χ1n) is 7.07. The van der Waals surface area contributed by atoms with Gasteiger partial charge in [0.05, 0.1) is 6.61 Å². The number of hydrogen-bond acceptors (Lipinski definition) is 4. The third-order valence-corrected chi connectivity index (χ3v) is 3.65. The molecule has 1 aromatic rings. The number of aliphatic carboxylic acids is 1. The van der Waals surface area contributed by atoms with Gasteiger partial charge in [0.2, 0.25) is 0 Å². The minimum atomic E-state index is -0.842. The molecular formula is C16H18O5. The van der Waals surface area contributed by atoms with Gasteiger partial charge in [0, 0.05) is 12.0 Å². The molecular weight excluding hydrogens is 272 g/mol. The number of fused-ring (bicyclic) bond motifs is 1. The predicted molar refractivity (Wildman–Crippen MR) is 75.2 cm³/mol. The molecule has 0 spiro atoms. The lowest BCUT2D eigenvalue weighted by molar-refractivity contribution is -0.146. The van der Waals surface area contributed by atoms with Crippen LogP contribution in [0.1, 0.15) is 41.3 Å². The van der Waals surface area contributed by atoms with Crippen LogP contribution in [0.25, 0.3) is 0 Å². The van der Waals surface area contributed by atoms with Gasteiger partial charge in [-0.05, 0) is 37.3 Å². The highest BCUT2D eigenvalue weighted by atomic mass is 16.5. The van der Waals surface area contributed by atoms with E-state index in [2.05, 4.69) is 0 Å². The monoisotopic (exact) mass is 290 g/mol. The zero-order valence-corrected chi connectivity index (χ0v) is 11.9. The molecule has 1 atom stereocenters. The Labute approximate surface area is 122 Å². The first kappa shape index (κ1) is 15.2. The van der Waals surface area contributed by atoms with Crippen LogP contribution in [0.2, 0.25) is 0 Å². The molecule has 0 fully saturated rings. The van der Waals surface area contributed by atoms with Gasteiger partial charge in [-0.2, -0.15) is 0 Å². The summed E-state index contributed by atoms with van der Waals surface area (Å²) in [5.74, 6) is -2.20. The number of carboxylic acid groups (broad SMARTS) is 1. The number of benzene rings is 1. The van der Waals surface area contributed by atoms with Gasteiger partial charge in [-0.25, -0.2) is 0 Å². The summed E-state index contributed by atoms with van der Waals surface area (Å²) in [6.45, 7) is 1.98. The van der Waals surface area contributed by atoms with E-state index >= 15 is 0 Å². The Hall–Kier alpha value is -2.17. The van der Waals surface area contributed by atoms with Crippen LogP contribution in [0.15, 0.2) is 18.2 Å². The van der Waals surface area contributed by atoms with Crippen molar-refractivity contribution < 1.29 is 24.2 Å². The molecule has 0 amide bonds.